The van der Waals surface area contributed by atoms with E-state index in [2.05, 4.69) is 28.2 Å². The monoisotopic (exact) mass is 262 g/mol. The highest BCUT2D eigenvalue weighted by molar-refractivity contribution is 5.77. The van der Waals surface area contributed by atoms with Crippen molar-refractivity contribution in [3.8, 4) is 0 Å². The first-order valence-corrected chi connectivity index (χ1v) is 6.95. The van der Waals surface area contributed by atoms with Crippen molar-refractivity contribution in [2.75, 3.05) is 29.9 Å². The van der Waals surface area contributed by atoms with E-state index in [9.17, 15) is 4.79 Å². The molecule has 0 saturated carbocycles. The van der Waals surface area contributed by atoms with Crippen molar-refractivity contribution in [1.29, 1.82) is 0 Å². The molecule has 5 heteroatoms. The largest absolute Gasteiger partial charge is 0.371 e. The first-order valence-electron chi connectivity index (χ1n) is 6.95. The zero-order valence-corrected chi connectivity index (χ0v) is 11.4. The maximum Gasteiger partial charge on any atom is 0.220 e. The number of hydrogen-bond donors (Lipinski definition) is 2. The van der Waals surface area contributed by atoms with E-state index in [0.29, 0.717) is 0 Å². The molecular formula is C14H22N4O. The lowest BCUT2D eigenvalue weighted by Gasteiger charge is -2.32. The Morgan fingerprint density at radius 2 is 2.26 bits per heavy atom. The van der Waals surface area contributed by atoms with E-state index in [1.165, 1.54) is 0 Å². The lowest BCUT2D eigenvalue weighted by molar-refractivity contribution is -0.122. The Morgan fingerprint density at radius 3 is 2.89 bits per heavy atom. The first kappa shape index (κ1) is 13.6. The maximum atomic E-state index is 11.2. The number of rotatable bonds is 5. The van der Waals surface area contributed by atoms with Crippen molar-refractivity contribution in [3.63, 3.8) is 0 Å². The molecule has 19 heavy (non-hydrogen) atoms. The number of nitrogens with zero attached hydrogens (tertiary/aromatic N) is 2. The SMILES string of the molecule is CCCNc1cc(N2CCC(C(N)=O)CC2)ccn1. The normalized spacial score (nSPS) is 16.4. The fraction of sp³-hybridized carbons (Fsp3) is 0.571. The predicted molar refractivity (Wildman–Crippen MR) is 77.1 cm³/mol. The molecule has 104 valence electrons. The Morgan fingerprint density at radius 1 is 1.53 bits per heavy atom. The number of pyridine rings is 1. The van der Waals surface area contributed by atoms with Crippen LogP contribution in [-0.2, 0) is 4.79 Å². The van der Waals surface area contributed by atoms with Gasteiger partial charge in [-0.15, -0.1) is 0 Å². The summed E-state index contributed by atoms with van der Waals surface area (Å²) in [5, 5.41) is 3.29. The van der Waals surface area contributed by atoms with Crippen LogP contribution in [0.2, 0.25) is 0 Å². The number of anilines is 2. The highest BCUT2D eigenvalue weighted by atomic mass is 16.1. The molecule has 0 aliphatic carbocycles. The van der Waals surface area contributed by atoms with Gasteiger partial charge in [-0.2, -0.15) is 0 Å². The van der Waals surface area contributed by atoms with Crippen LogP contribution in [0.4, 0.5) is 11.5 Å². The smallest absolute Gasteiger partial charge is 0.220 e. The number of piperidine rings is 1. The third-order valence-corrected chi connectivity index (χ3v) is 3.56. The van der Waals surface area contributed by atoms with Crippen LogP contribution in [0.25, 0.3) is 0 Å². The second kappa shape index (κ2) is 6.41. The summed E-state index contributed by atoms with van der Waals surface area (Å²) in [7, 11) is 0. The van der Waals surface area contributed by atoms with Crippen molar-refractivity contribution < 1.29 is 4.79 Å². The van der Waals surface area contributed by atoms with E-state index in [1.807, 2.05) is 12.3 Å². The molecule has 1 aromatic heterocycles. The van der Waals surface area contributed by atoms with E-state index in [-0.39, 0.29) is 11.8 Å². The van der Waals surface area contributed by atoms with Gasteiger partial charge < -0.3 is 16.0 Å². The second-order valence-electron chi connectivity index (χ2n) is 4.99. The molecule has 0 bridgehead atoms. The van der Waals surface area contributed by atoms with E-state index in [0.717, 1.165) is 50.4 Å². The van der Waals surface area contributed by atoms with Crippen molar-refractivity contribution in [1.82, 2.24) is 4.98 Å². The molecule has 1 aliphatic heterocycles. The summed E-state index contributed by atoms with van der Waals surface area (Å²) in [4.78, 5) is 17.7. The fourth-order valence-electron chi connectivity index (χ4n) is 2.39. The molecule has 1 saturated heterocycles. The lowest BCUT2D eigenvalue weighted by Crippen LogP contribution is -2.38. The van der Waals surface area contributed by atoms with Crippen LogP contribution in [0.15, 0.2) is 18.3 Å². The number of primary amides is 1. The minimum Gasteiger partial charge on any atom is -0.371 e. The van der Waals surface area contributed by atoms with Crippen LogP contribution in [-0.4, -0.2) is 30.5 Å². The van der Waals surface area contributed by atoms with Crippen molar-refractivity contribution in [2.45, 2.75) is 26.2 Å². The Labute approximate surface area is 114 Å². The molecule has 2 rings (SSSR count). The molecule has 1 fully saturated rings. The molecule has 1 aromatic rings. The summed E-state index contributed by atoms with van der Waals surface area (Å²) in [6, 6.07) is 4.09. The number of nitrogens with one attached hydrogen (secondary N) is 1. The number of carbonyl (C=O) groups is 1. The zero-order valence-electron chi connectivity index (χ0n) is 11.4. The summed E-state index contributed by atoms with van der Waals surface area (Å²) in [6.45, 7) is 4.82. The zero-order chi connectivity index (χ0) is 13.7. The number of hydrogen-bond acceptors (Lipinski definition) is 4. The molecule has 0 atom stereocenters. The van der Waals surface area contributed by atoms with Gasteiger partial charge in [-0.3, -0.25) is 4.79 Å². The molecule has 0 spiro atoms. The Balaban J connectivity index is 1.97. The molecule has 0 radical (unpaired) electrons. The standard InChI is InChI=1S/C14H22N4O/c1-2-6-16-13-10-12(3-7-17-13)18-8-4-11(5-9-18)14(15)19/h3,7,10-11H,2,4-6,8-9H2,1H3,(H2,15,19)(H,16,17). The third-order valence-electron chi connectivity index (χ3n) is 3.56. The van der Waals surface area contributed by atoms with Crippen molar-refractivity contribution in [3.05, 3.63) is 18.3 Å². The minimum absolute atomic E-state index is 0.0378. The number of aromatic nitrogens is 1. The second-order valence-corrected chi connectivity index (χ2v) is 4.99. The Kier molecular flexibility index (Phi) is 4.60. The number of nitrogens with two attached hydrogens (primary N) is 1. The topological polar surface area (TPSA) is 71.2 Å². The van der Waals surface area contributed by atoms with Crippen molar-refractivity contribution >= 4 is 17.4 Å². The van der Waals surface area contributed by atoms with E-state index < -0.39 is 0 Å². The molecular weight excluding hydrogens is 240 g/mol. The summed E-state index contributed by atoms with van der Waals surface area (Å²) < 4.78 is 0. The van der Waals surface area contributed by atoms with Gasteiger partial charge in [0, 0.05) is 43.5 Å². The predicted octanol–water partition coefficient (Wildman–Crippen LogP) is 1.61. The van der Waals surface area contributed by atoms with Gasteiger partial charge in [0.15, 0.2) is 0 Å². The van der Waals surface area contributed by atoms with Crippen LogP contribution >= 0.6 is 0 Å². The highest BCUT2D eigenvalue weighted by Crippen LogP contribution is 2.24. The van der Waals surface area contributed by atoms with Crippen LogP contribution in [0, 0.1) is 5.92 Å². The Bertz CT molecular complexity index is 427. The summed E-state index contributed by atoms with van der Waals surface area (Å²) in [6.07, 6.45) is 4.59. The van der Waals surface area contributed by atoms with Gasteiger partial charge in [-0.1, -0.05) is 6.92 Å². The quantitative estimate of drug-likeness (QED) is 0.845. The average Bonchev–Trinajstić information content (AvgIpc) is 2.45. The third kappa shape index (κ3) is 3.59. The van der Waals surface area contributed by atoms with Gasteiger partial charge in [0.05, 0.1) is 0 Å². The summed E-state index contributed by atoms with van der Waals surface area (Å²) in [5.74, 6) is 0.784. The minimum atomic E-state index is -0.167. The van der Waals surface area contributed by atoms with E-state index in [1.54, 1.807) is 0 Å². The molecule has 3 N–H and O–H groups in total. The molecule has 0 aromatic carbocycles. The fourth-order valence-corrected chi connectivity index (χ4v) is 2.39. The van der Waals surface area contributed by atoms with Gasteiger partial charge >= 0.3 is 0 Å². The van der Waals surface area contributed by atoms with E-state index in [4.69, 9.17) is 5.73 Å². The van der Waals surface area contributed by atoms with Crippen molar-refractivity contribution in [2.24, 2.45) is 11.7 Å². The van der Waals surface area contributed by atoms with Gasteiger partial charge in [-0.05, 0) is 25.3 Å². The summed E-state index contributed by atoms with van der Waals surface area (Å²) >= 11 is 0. The van der Waals surface area contributed by atoms with Gasteiger partial charge in [-0.25, -0.2) is 4.98 Å². The molecule has 2 heterocycles. The van der Waals surface area contributed by atoms with Crippen LogP contribution in [0.5, 0.6) is 0 Å². The molecule has 1 aliphatic rings. The Hall–Kier alpha value is -1.78. The van der Waals surface area contributed by atoms with Gasteiger partial charge in [0.25, 0.3) is 0 Å². The van der Waals surface area contributed by atoms with Crippen LogP contribution in [0.3, 0.4) is 0 Å². The van der Waals surface area contributed by atoms with Crippen LogP contribution in [0.1, 0.15) is 26.2 Å². The highest BCUT2D eigenvalue weighted by Gasteiger charge is 2.23. The maximum absolute atomic E-state index is 11.2. The van der Waals surface area contributed by atoms with Crippen LogP contribution < -0.4 is 16.0 Å². The van der Waals surface area contributed by atoms with Gasteiger partial charge in [0.1, 0.15) is 5.82 Å². The van der Waals surface area contributed by atoms with Gasteiger partial charge in [0.2, 0.25) is 5.91 Å². The first-order chi connectivity index (χ1) is 9.20. The average molecular weight is 262 g/mol. The van der Waals surface area contributed by atoms with E-state index >= 15 is 0 Å². The molecule has 1 amide bonds. The lowest BCUT2D eigenvalue weighted by atomic mass is 9.96. The summed E-state index contributed by atoms with van der Waals surface area (Å²) in [5.41, 5.74) is 6.52. The number of amides is 1. The molecule has 5 nitrogen and oxygen atoms in total. The number of carbonyl (C=O) groups excluding carboxylic acids is 1. The molecule has 0 unspecified atom stereocenters.